The zero-order chi connectivity index (χ0) is 17.5. The minimum Gasteiger partial charge on any atom is -0.355 e. The Labute approximate surface area is 149 Å². The molecular formula is C17H19N5O2S. The molecule has 0 bridgehead atoms. The summed E-state index contributed by atoms with van der Waals surface area (Å²) in [6.45, 7) is 2.31. The zero-order valence-corrected chi connectivity index (χ0v) is 14.7. The lowest BCUT2D eigenvalue weighted by molar-refractivity contribution is -0.118. The Morgan fingerprint density at radius 3 is 2.88 bits per heavy atom. The molecule has 2 heterocycles. The van der Waals surface area contributed by atoms with E-state index in [1.165, 1.54) is 11.8 Å². The number of hydrogen-bond donors (Lipinski definition) is 1. The fourth-order valence-corrected chi connectivity index (χ4v) is 2.92. The van der Waals surface area contributed by atoms with E-state index in [0.717, 1.165) is 11.4 Å². The molecule has 3 aromatic rings. The van der Waals surface area contributed by atoms with Crippen LogP contribution >= 0.6 is 11.8 Å². The summed E-state index contributed by atoms with van der Waals surface area (Å²) in [6, 6.07) is 11.9. The Kier molecular flexibility index (Phi) is 5.84. The van der Waals surface area contributed by atoms with Crippen LogP contribution in [0.5, 0.6) is 0 Å². The molecule has 1 amide bonds. The maximum Gasteiger partial charge on any atom is 0.230 e. The predicted octanol–water partition coefficient (Wildman–Crippen LogP) is 2.16. The smallest absolute Gasteiger partial charge is 0.230 e. The summed E-state index contributed by atoms with van der Waals surface area (Å²) in [6.07, 6.45) is 2.62. The quantitative estimate of drug-likeness (QED) is 0.665. The lowest BCUT2D eigenvalue weighted by Crippen LogP contribution is -2.27. The Morgan fingerprint density at radius 2 is 2.12 bits per heavy atom. The third-order valence-corrected chi connectivity index (χ3v) is 4.33. The van der Waals surface area contributed by atoms with E-state index < -0.39 is 0 Å². The van der Waals surface area contributed by atoms with E-state index in [4.69, 9.17) is 4.52 Å². The number of nitrogens with one attached hydrogen (secondary N) is 1. The number of nitrogens with zero attached hydrogens (tertiary/aromatic N) is 4. The molecule has 1 aromatic carbocycles. The highest BCUT2D eigenvalue weighted by Gasteiger charge is 2.06. The third-order valence-electron chi connectivity index (χ3n) is 3.40. The summed E-state index contributed by atoms with van der Waals surface area (Å²) in [7, 11) is 0. The fraction of sp³-hybridized carbons (Fsp3) is 0.294. The Bertz CT molecular complexity index is 815. The molecule has 0 atom stereocenters. The number of carbonyl (C=O) groups excluding carboxylic acids is 1. The van der Waals surface area contributed by atoms with Crippen LogP contribution in [0.15, 0.2) is 47.1 Å². The largest absolute Gasteiger partial charge is 0.355 e. The van der Waals surface area contributed by atoms with Gasteiger partial charge >= 0.3 is 0 Å². The van der Waals surface area contributed by atoms with Gasteiger partial charge in [-0.2, -0.15) is 10.1 Å². The van der Waals surface area contributed by atoms with Gasteiger partial charge in [0.2, 0.25) is 11.8 Å². The molecule has 0 fully saturated rings. The normalized spacial score (nSPS) is 10.8. The number of thioether (sulfide) groups is 1. The first kappa shape index (κ1) is 17.2. The minimum absolute atomic E-state index is 0.00675. The van der Waals surface area contributed by atoms with Crippen molar-refractivity contribution >= 4 is 17.7 Å². The molecule has 0 aliphatic rings. The number of benzene rings is 1. The van der Waals surface area contributed by atoms with Gasteiger partial charge < -0.3 is 9.84 Å². The average Bonchev–Trinajstić information content (AvgIpc) is 3.25. The van der Waals surface area contributed by atoms with Gasteiger partial charge in [-0.1, -0.05) is 23.4 Å². The number of carbonyl (C=O) groups is 1. The second-order valence-corrected chi connectivity index (χ2v) is 6.40. The minimum atomic E-state index is -0.00675. The van der Waals surface area contributed by atoms with Gasteiger partial charge in [0, 0.05) is 26.1 Å². The van der Waals surface area contributed by atoms with E-state index in [1.54, 1.807) is 6.92 Å². The van der Waals surface area contributed by atoms with E-state index in [2.05, 4.69) is 20.6 Å². The molecule has 25 heavy (non-hydrogen) atoms. The molecule has 1 N–H and O–H groups in total. The lowest BCUT2D eigenvalue weighted by Gasteiger charge is -2.03. The van der Waals surface area contributed by atoms with Crippen molar-refractivity contribution < 1.29 is 9.32 Å². The number of rotatable bonds is 8. The predicted molar refractivity (Wildman–Crippen MR) is 95.5 cm³/mol. The van der Waals surface area contributed by atoms with Gasteiger partial charge in [-0.3, -0.25) is 4.79 Å². The van der Waals surface area contributed by atoms with Gasteiger partial charge in [-0.15, -0.1) is 11.8 Å². The fourth-order valence-electron chi connectivity index (χ4n) is 2.24. The van der Waals surface area contributed by atoms with E-state index in [1.807, 2.05) is 47.3 Å². The topological polar surface area (TPSA) is 85.8 Å². The summed E-state index contributed by atoms with van der Waals surface area (Å²) in [5.74, 6) is 2.07. The summed E-state index contributed by atoms with van der Waals surface area (Å²) >= 11 is 1.46. The highest BCUT2D eigenvalue weighted by molar-refractivity contribution is 7.99. The zero-order valence-electron chi connectivity index (χ0n) is 13.9. The number of aryl methyl sites for hydroxylation is 1. The van der Waals surface area contributed by atoms with Crippen LogP contribution in [-0.4, -0.2) is 38.1 Å². The maximum absolute atomic E-state index is 11.8. The second kappa shape index (κ2) is 8.48. The van der Waals surface area contributed by atoms with Crippen LogP contribution in [0.2, 0.25) is 0 Å². The van der Waals surface area contributed by atoms with Crippen molar-refractivity contribution in [3.63, 3.8) is 0 Å². The molecule has 2 aromatic heterocycles. The van der Waals surface area contributed by atoms with Crippen molar-refractivity contribution in [3.8, 4) is 5.69 Å². The first-order chi connectivity index (χ1) is 12.2. The summed E-state index contributed by atoms with van der Waals surface area (Å²) < 4.78 is 6.72. The molecule has 0 saturated carbocycles. The Morgan fingerprint density at radius 1 is 1.28 bits per heavy atom. The highest BCUT2D eigenvalue weighted by atomic mass is 32.2. The molecule has 8 heteroatoms. The maximum atomic E-state index is 11.8. The first-order valence-corrected chi connectivity index (χ1v) is 9.10. The van der Waals surface area contributed by atoms with Crippen LogP contribution in [0.1, 0.15) is 17.4 Å². The van der Waals surface area contributed by atoms with Crippen molar-refractivity contribution in [2.24, 2.45) is 0 Å². The van der Waals surface area contributed by atoms with Gasteiger partial charge in [0.05, 0.1) is 22.9 Å². The van der Waals surface area contributed by atoms with Gasteiger partial charge in [-0.25, -0.2) is 4.68 Å². The van der Waals surface area contributed by atoms with Crippen LogP contribution in [0.4, 0.5) is 0 Å². The molecule has 0 unspecified atom stereocenters. The standard InChI is InChI=1S/C17H19N5O2S/c1-13-19-16(21-24-13)11-25-12-17(23)18-9-7-14-8-10-22(20-14)15-5-3-2-4-6-15/h2-6,8,10H,7,9,11-12H2,1H3,(H,18,23). The molecule has 0 spiro atoms. The van der Waals surface area contributed by atoms with Gasteiger partial charge in [-0.05, 0) is 18.2 Å². The Hall–Kier alpha value is -2.61. The molecular weight excluding hydrogens is 338 g/mol. The molecule has 7 nitrogen and oxygen atoms in total. The number of para-hydroxylation sites is 1. The number of aromatic nitrogens is 4. The van der Waals surface area contributed by atoms with E-state index >= 15 is 0 Å². The summed E-state index contributed by atoms with van der Waals surface area (Å²) in [5.41, 5.74) is 1.96. The van der Waals surface area contributed by atoms with Crippen LogP contribution in [-0.2, 0) is 17.0 Å². The average molecular weight is 357 g/mol. The van der Waals surface area contributed by atoms with Gasteiger partial charge in [0.25, 0.3) is 0 Å². The van der Waals surface area contributed by atoms with Crippen LogP contribution in [0.3, 0.4) is 0 Å². The molecule has 3 rings (SSSR count). The first-order valence-electron chi connectivity index (χ1n) is 7.94. The van der Waals surface area contributed by atoms with Crippen molar-refractivity contribution in [2.45, 2.75) is 19.1 Å². The van der Waals surface area contributed by atoms with E-state index in [9.17, 15) is 4.79 Å². The van der Waals surface area contributed by atoms with Crippen molar-refractivity contribution in [1.82, 2.24) is 25.2 Å². The van der Waals surface area contributed by atoms with E-state index in [-0.39, 0.29) is 5.91 Å². The molecule has 0 saturated heterocycles. The SMILES string of the molecule is Cc1nc(CSCC(=O)NCCc2ccn(-c3ccccc3)n2)no1. The summed E-state index contributed by atoms with van der Waals surface area (Å²) in [4.78, 5) is 15.9. The summed E-state index contributed by atoms with van der Waals surface area (Å²) in [5, 5.41) is 11.2. The monoisotopic (exact) mass is 357 g/mol. The van der Waals surface area contributed by atoms with Crippen LogP contribution in [0.25, 0.3) is 5.69 Å². The van der Waals surface area contributed by atoms with E-state index in [0.29, 0.717) is 36.2 Å². The van der Waals surface area contributed by atoms with Crippen molar-refractivity contribution in [3.05, 3.63) is 60.0 Å². The second-order valence-electron chi connectivity index (χ2n) is 5.41. The number of amides is 1. The Balaban J connectivity index is 1.36. The highest BCUT2D eigenvalue weighted by Crippen LogP contribution is 2.09. The molecule has 0 radical (unpaired) electrons. The van der Waals surface area contributed by atoms with Crippen molar-refractivity contribution in [2.75, 3.05) is 12.3 Å². The van der Waals surface area contributed by atoms with Crippen LogP contribution in [0, 0.1) is 6.92 Å². The molecule has 0 aliphatic heterocycles. The number of hydrogen-bond acceptors (Lipinski definition) is 6. The third kappa shape index (κ3) is 5.18. The van der Waals surface area contributed by atoms with Crippen molar-refractivity contribution in [1.29, 1.82) is 0 Å². The van der Waals surface area contributed by atoms with Gasteiger partial charge in [0.1, 0.15) is 0 Å². The molecule has 0 aliphatic carbocycles. The van der Waals surface area contributed by atoms with Crippen LogP contribution < -0.4 is 5.32 Å². The van der Waals surface area contributed by atoms with Gasteiger partial charge in [0.15, 0.2) is 5.82 Å². The molecule has 130 valence electrons. The lowest BCUT2D eigenvalue weighted by atomic mass is 10.3.